The largest absolute Gasteiger partial charge is 0.506 e. The highest BCUT2D eigenvalue weighted by atomic mass is 16.3. The third-order valence-corrected chi connectivity index (χ3v) is 4.72. The van der Waals surface area contributed by atoms with Crippen LogP contribution in [0.25, 0.3) is 22.0 Å². The fraction of sp³-hybridized carbons (Fsp3) is 0.0833. The van der Waals surface area contributed by atoms with Crippen molar-refractivity contribution >= 4 is 16.8 Å². The molecule has 0 saturated heterocycles. The molecule has 138 valence electrons. The van der Waals surface area contributed by atoms with Crippen LogP contribution < -0.4 is 5.32 Å². The van der Waals surface area contributed by atoms with E-state index in [0.29, 0.717) is 17.6 Å². The lowest BCUT2D eigenvalue weighted by Crippen LogP contribution is -2.22. The van der Waals surface area contributed by atoms with Crippen molar-refractivity contribution in [1.29, 1.82) is 0 Å². The molecule has 0 unspecified atom stereocenters. The standard InChI is InChI=1S/C24H20N2O2/c1-16-7-9-17(10-8-16)15-26-24(28)20-5-2-4-18(12-20)21-13-19-6-3-11-25-23(19)22(27)14-21/h2-14,27H,15H2,1H3,(H,26,28). The number of pyridine rings is 1. The Balaban J connectivity index is 1.57. The maximum Gasteiger partial charge on any atom is 0.251 e. The Bertz CT molecular complexity index is 1150. The molecule has 0 saturated carbocycles. The first-order valence-corrected chi connectivity index (χ1v) is 9.12. The van der Waals surface area contributed by atoms with Gasteiger partial charge in [0, 0.05) is 23.7 Å². The molecule has 1 amide bonds. The number of hydrogen-bond donors (Lipinski definition) is 2. The summed E-state index contributed by atoms with van der Waals surface area (Å²) in [7, 11) is 0. The number of fused-ring (bicyclic) bond motifs is 1. The molecule has 0 aliphatic carbocycles. The second kappa shape index (κ2) is 7.53. The molecule has 4 rings (SSSR count). The quantitative estimate of drug-likeness (QED) is 0.541. The zero-order valence-electron chi connectivity index (χ0n) is 15.5. The highest BCUT2D eigenvalue weighted by molar-refractivity contribution is 5.96. The van der Waals surface area contributed by atoms with Crippen molar-refractivity contribution < 1.29 is 9.90 Å². The maximum atomic E-state index is 12.6. The first-order chi connectivity index (χ1) is 13.6. The molecule has 4 aromatic rings. The van der Waals surface area contributed by atoms with Crippen molar-refractivity contribution in [3.8, 4) is 16.9 Å². The number of phenols is 1. The molecule has 4 nitrogen and oxygen atoms in total. The van der Waals surface area contributed by atoms with Gasteiger partial charge in [0.05, 0.1) is 0 Å². The van der Waals surface area contributed by atoms with E-state index >= 15 is 0 Å². The van der Waals surface area contributed by atoms with E-state index < -0.39 is 0 Å². The number of carbonyl (C=O) groups excluding carboxylic acids is 1. The highest BCUT2D eigenvalue weighted by Crippen LogP contribution is 2.30. The number of carbonyl (C=O) groups is 1. The first kappa shape index (κ1) is 17.7. The van der Waals surface area contributed by atoms with Crippen LogP contribution in [0.5, 0.6) is 5.75 Å². The van der Waals surface area contributed by atoms with E-state index in [-0.39, 0.29) is 11.7 Å². The van der Waals surface area contributed by atoms with Gasteiger partial charge in [0.15, 0.2) is 0 Å². The number of aromatic nitrogens is 1. The van der Waals surface area contributed by atoms with E-state index in [4.69, 9.17) is 0 Å². The lowest BCUT2D eigenvalue weighted by Gasteiger charge is -2.09. The minimum Gasteiger partial charge on any atom is -0.506 e. The van der Waals surface area contributed by atoms with Gasteiger partial charge in [-0.2, -0.15) is 0 Å². The first-order valence-electron chi connectivity index (χ1n) is 9.12. The minimum atomic E-state index is -0.130. The molecule has 0 radical (unpaired) electrons. The number of aryl methyl sites for hydroxylation is 1. The number of nitrogens with zero attached hydrogens (tertiary/aromatic N) is 1. The van der Waals surface area contributed by atoms with E-state index in [1.165, 1.54) is 5.56 Å². The van der Waals surface area contributed by atoms with E-state index in [1.54, 1.807) is 18.3 Å². The summed E-state index contributed by atoms with van der Waals surface area (Å²) in [6.07, 6.45) is 1.65. The van der Waals surface area contributed by atoms with Crippen molar-refractivity contribution in [2.24, 2.45) is 0 Å². The second-order valence-electron chi connectivity index (χ2n) is 6.82. The topological polar surface area (TPSA) is 62.2 Å². The number of rotatable bonds is 4. The number of aromatic hydroxyl groups is 1. The molecule has 0 aliphatic rings. The number of phenolic OH excluding ortho intramolecular Hbond substituents is 1. The number of amides is 1. The van der Waals surface area contributed by atoms with Gasteiger partial charge in [-0.1, -0.05) is 48.0 Å². The third kappa shape index (κ3) is 3.71. The van der Waals surface area contributed by atoms with Gasteiger partial charge in [-0.25, -0.2) is 0 Å². The van der Waals surface area contributed by atoms with Gasteiger partial charge in [0.1, 0.15) is 11.3 Å². The summed E-state index contributed by atoms with van der Waals surface area (Å²) in [5.74, 6) is -0.00331. The summed E-state index contributed by atoms with van der Waals surface area (Å²) in [4.78, 5) is 16.8. The number of benzene rings is 3. The summed E-state index contributed by atoms with van der Waals surface area (Å²) in [5, 5.41) is 14.1. The van der Waals surface area contributed by atoms with Crippen molar-refractivity contribution in [1.82, 2.24) is 10.3 Å². The Morgan fingerprint density at radius 1 is 0.964 bits per heavy atom. The Morgan fingerprint density at radius 3 is 2.61 bits per heavy atom. The molecule has 28 heavy (non-hydrogen) atoms. The van der Waals surface area contributed by atoms with Crippen LogP contribution in [-0.2, 0) is 6.54 Å². The summed E-state index contributed by atoms with van der Waals surface area (Å²) >= 11 is 0. The molecule has 2 N–H and O–H groups in total. The second-order valence-corrected chi connectivity index (χ2v) is 6.82. The maximum absolute atomic E-state index is 12.6. The van der Waals surface area contributed by atoms with Gasteiger partial charge in [0.25, 0.3) is 5.91 Å². The lowest BCUT2D eigenvalue weighted by molar-refractivity contribution is 0.0951. The zero-order chi connectivity index (χ0) is 19.5. The normalized spacial score (nSPS) is 10.8. The van der Waals surface area contributed by atoms with Gasteiger partial charge in [-0.3, -0.25) is 9.78 Å². The lowest BCUT2D eigenvalue weighted by atomic mass is 10.0. The average Bonchev–Trinajstić information content (AvgIpc) is 2.73. The molecule has 0 fully saturated rings. The molecular formula is C24H20N2O2. The smallest absolute Gasteiger partial charge is 0.251 e. The molecule has 1 heterocycles. The predicted molar refractivity (Wildman–Crippen MR) is 111 cm³/mol. The van der Waals surface area contributed by atoms with E-state index in [0.717, 1.165) is 22.1 Å². The van der Waals surface area contributed by atoms with Crippen LogP contribution in [0.15, 0.2) is 79.0 Å². The molecule has 0 aliphatic heterocycles. The Labute approximate surface area is 163 Å². The van der Waals surface area contributed by atoms with Crippen molar-refractivity contribution in [3.05, 3.63) is 95.7 Å². The van der Waals surface area contributed by atoms with Crippen molar-refractivity contribution in [2.75, 3.05) is 0 Å². The van der Waals surface area contributed by atoms with Crippen LogP contribution in [0.2, 0.25) is 0 Å². The summed E-state index contributed by atoms with van der Waals surface area (Å²) in [5.41, 5.74) is 5.10. The summed E-state index contributed by atoms with van der Waals surface area (Å²) < 4.78 is 0. The molecule has 1 aromatic heterocycles. The van der Waals surface area contributed by atoms with Crippen LogP contribution in [0.3, 0.4) is 0 Å². The number of hydrogen-bond acceptors (Lipinski definition) is 3. The number of nitrogens with one attached hydrogen (secondary N) is 1. The molecular weight excluding hydrogens is 348 g/mol. The summed E-state index contributed by atoms with van der Waals surface area (Å²) in [6, 6.07) is 22.9. The molecule has 0 atom stereocenters. The van der Waals surface area contributed by atoms with Crippen molar-refractivity contribution in [3.63, 3.8) is 0 Å². The zero-order valence-corrected chi connectivity index (χ0v) is 15.5. The molecule has 0 bridgehead atoms. The third-order valence-electron chi connectivity index (χ3n) is 4.72. The van der Waals surface area contributed by atoms with Crippen LogP contribution in [0.1, 0.15) is 21.5 Å². The summed E-state index contributed by atoms with van der Waals surface area (Å²) in [6.45, 7) is 2.51. The van der Waals surface area contributed by atoms with E-state index in [2.05, 4.69) is 10.3 Å². The molecule has 3 aromatic carbocycles. The van der Waals surface area contributed by atoms with Gasteiger partial charge in [-0.05, 0) is 53.9 Å². The Morgan fingerprint density at radius 2 is 1.79 bits per heavy atom. The van der Waals surface area contributed by atoms with Crippen LogP contribution in [0, 0.1) is 6.92 Å². The molecule has 0 spiro atoms. The van der Waals surface area contributed by atoms with Gasteiger partial charge >= 0.3 is 0 Å². The van der Waals surface area contributed by atoms with Gasteiger partial charge < -0.3 is 10.4 Å². The SMILES string of the molecule is Cc1ccc(CNC(=O)c2cccc(-c3cc(O)c4ncccc4c3)c2)cc1. The highest BCUT2D eigenvalue weighted by Gasteiger charge is 2.10. The fourth-order valence-electron chi connectivity index (χ4n) is 3.17. The van der Waals surface area contributed by atoms with Crippen LogP contribution in [-0.4, -0.2) is 16.0 Å². The monoisotopic (exact) mass is 368 g/mol. The van der Waals surface area contributed by atoms with Crippen LogP contribution >= 0.6 is 0 Å². The van der Waals surface area contributed by atoms with Gasteiger partial charge in [0.2, 0.25) is 0 Å². The Hall–Kier alpha value is -3.66. The predicted octanol–water partition coefficient (Wildman–Crippen LogP) is 4.85. The van der Waals surface area contributed by atoms with Crippen molar-refractivity contribution in [2.45, 2.75) is 13.5 Å². The van der Waals surface area contributed by atoms with Crippen LogP contribution in [0.4, 0.5) is 0 Å². The fourth-order valence-corrected chi connectivity index (χ4v) is 3.17. The van der Waals surface area contributed by atoms with Gasteiger partial charge in [-0.15, -0.1) is 0 Å². The van der Waals surface area contributed by atoms with E-state index in [1.807, 2.05) is 67.6 Å². The Kier molecular flexibility index (Phi) is 4.77. The average molecular weight is 368 g/mol. The molecule has 4 heteroatoms. The van der Waals surface area contributed by atoms with E-state index in [9.17, 15) is 9.90 Å². The minimum absolute atomic E-state index is 0.127.